The lowest BCUT2D eigenvalue weighted by atomic mass is 10.1. The average Bonchev–Trinajstić information content (AvgIpc) is 2.88. The van der Waals surface area contributed by atoms with Crippen molar-refractivity contribution in [2.24, 2.45) is 23.5 Å². The van der Waals surface area contributed by atoms with Crippen molar-refractivity contribution in [3.8, 4) is 11.5 Å². The quantitative estimate of drug-likeness (QED) is 0.148. The first-order chi connectivity index (χ1) is 19.2. The van der Waals surface area contributed by atoms with Crippen molar-refractivity contribution in [3.63, 3.8) is 0 Å². The van der Waals surface area contributed by atoms with Crippen LogP contribution in [-0.4, -0.2) is 55.7 Å². The van der Waals surface area contributed by atoms with E-state index >= 15 is 0 Å². The van der Waals surface area contributed by atoms with Gasteiger partial charge in [-0.15, -0.1) is 0 Å². The van der Waals surface area contributed by atoms with E-state index < -0.39 is 36.5 Å². The number of hydrogen-bond acceptors (Lipinski definition) is 11. The van der Waals surface area contributed by atoms with Crippen molar-refractivity contribution in [2.45, 2.75) is 99.3 Å². The molecule has 2 N–H and O–H groups in total. The van der Waals surface area contributed by atoms with Crippen molar-refractivity contribution in [1.29, 1.82) is 0 Å². The molecule has 0 aliphatic heterocycles. The van der Waals surface area contributed by atoms with E-state index in [2.05, 4.69) is 0 Å². The third-order valence-corrected chi connectivity index (χ3v) is 6.26. The van der Waals surface area contributed by atoms with E-state index in [1.807, 2.05) is 34.6 Å². The summed E-state index contributed by atoms with van der Waals surface area (Å²) in [4.78, 5) is 49.2. The molecule has 0 amide bonds. The number of rotatable bonds is 16. The van der Waals surface area contributed by atoms with Crippen LogP contribution in [0.4, 0.5) is 9.59 Å². The standard InChI is InChI=1S/C30H47NO10/c1-9-20(6)27(32)38-21(7)22(8)39-28(33)24(31)16-23-10-11-25(40-29(34)36-14-12-18(2)3)26(17-23)41-30(35)37-15-13-19(4)5/h10-11,17-22,24H,9,12-16,31H2,1-8H3/t20?,21?,22-,24-/m0/s1. The van der Waals surface area contributed by atoms with Crippen molar-refractivity contribution in [2.75, 3.05) is 13.2 Å². The highest BCUT2D eigenvalue weighted by molar-refractivity contribution is 5.76. The fraction of sp³-hybridized carbons (Fsp3) is 0.667. The highest BCUT2D eigenvalue weighted by Gasteiger charge is 2.26. The molecule has 0 aromatic heterocycles. The highest BCUT2D eigenvalue weighted by Crippen LogP contribution is 2.30. The normalized spacial score (nSPS) is 14.0. The number of hydrogen-bond donors (Lipinski definition) is 1. The van der Waals surface area contributed by atoms with Crippen molar-refractivity contribution in [3.05, 3.63) is 23.8 Å². The second-order valence-corrected chi connectivity index (χ2v) is 11.0. The molecule has 0 fully saturated rings. The Morgan fingerprint density at radius 2 is 1.22 bits per heavy atom. The Kier molecular flexibility index (Phi) is 15.8. The van der Waals surface area contributed by atoms with Crippen LogP contribution in [0.2, 0.25) is 0 Å². The molecule has 11 nitrogen and oxygen atoms in total. The fourth-order valence-electron chi connectivity index (χ4n) is 3.10. The van der Waals surface area contributed by atoms with E-state index in [1.165, 1.54) is 12.1 Å². The molecule has 1 aromatic carbocycles. The van der Waals surface area contributed by atoms with E-state index in [0.29, 0.717) is 36.7 Å². The van der Waals surface area contributed by atoms with Gasteiger partial charge in [0.25, 0.3) is 0 Å². The number of nitrogens with two attached hydrogens (primary N) is 1. The molecular formula is C30H47NO10. The van der Waals surface area contributed by atoms with Crippen molar-refractivity contribution >= 4 is 24.2 Å². The minimum Gasteiger partial charge on any atom is -0.459 e. The predicted molar refractivity (Wildman–Crippen MR) is 152 cm³/mol. The zero-order chi connectivity index (χ0) is 31.1. The van der Waals surface area contributed by atoms with Gasteiger partial charge in [0.2, 0.25) is 0 Å². The van der Waals surface area contributed by atoms with E-state index in [9.17, 15) is 19.2 Å². The summed E-state index contributed by atoms with van der Waals surface area (Å²) in [5.41, 5.74) is 6.60. The predicted octanol–water partition coefficient (Wildman–Crippen LogP) is 5.59. The van der Waals surface area contributed by atoms with Gasteiger partial charge >= 0.3 is 24.2 Å². The van der Waals surface area contributed by atoms with Gasteiger partial charge in [-0.3, -0.25) is 9.59 Å². The zero-order valence-electron chi connectivity index (χ0n) is 25.6. The molecule has 0 radical (unpaired) electrons. The Balaban J connectivity index is 2.92. The molecule has 0 spiro atoms. The van der Waals surface area contributed by atoms with Gasteiger partial charge in [-0.25, -0.2) is 9.59 Å². The Bertz CT molecular complexity index is 993. The lowest BCUT2D eigenvalue weighted by Gasteiger charge is -2.23. The maximum atomic E-state index is 12.7. The molecule has 232 valence electrons. The molecule has 0 saturated heterocycles. The van der Waals surface area contributed by atoms with Crippen LogP contribution >= 0.6 is 0 Å². The molecule has 0 aliphatic carbocycles. The number of ether oxygens (including phenoxy) is 6. The molecule has 1 aromatic rings. The first-order valence-corrected chi connectivity index (χ1v) is 14.2. The second kappa shape index (κ2) is 18.2. The summed E-state index contributed by atoms with van der Waals surface area (Å²) in [5, 5.41) is 0. The summed E-state index contributed by atoms with van der Waals surface area (Å²) in [7, 11) is 0. The summed E-state index contributed by atoms with van der Waals surface area (Å²) >= 11 is 0. The van der Waals surface area contributed by atoms with Gasteiger partial charge in [0.15, 0.2) is 11.5 Å². The average molecular weight is 582 g/mol. The number of carbonyl (C=O) groups is 4. The minimum absolute atomic E-state index is 0.0183. The van der Waals surface area contributed by atoms with Gasteiger partial charge in [0.1, 0.15) is 18.2 Å². The Labute approximate surface area is 243 Å². The maximum absolute atomic E-state index is 12.7. The largest absolute Gasteiger partial charge is 0.513 e. The van der Waals surface area contributed by atoms with Gasteiger partial charge in [-0.05, 0) is 69.1 Å². The van der Waals surface area contributed by atoms with E-state index in [1.54, 1.807) is 26.8 Å². The minimum atomic E-state index is -1.08. The van der Waals surface area contributed by atoms with Crippen LogP contribution in [0.1, 0.15) is 80.2 Å². The van der Waals surface area contributed by atoms with Crippen molar-refractivity contribution < 1.29 is 47.6 Å². The number of benzene rings is 1. The molecule has 11 heteroatoms. The summed E-state index contributed by atoms with van der Waals surface area (Å²) in [6.07, 6.45) is -1.35. The van der Waals surface area contributed by atoms with Crippen LogP contribution < -0.4 is 15.2 Å². The topological polar surface area (TPSA) is 150 Å². The molecule has 0 aliphatic rings. The van der Waals surface area contributed by atoms with Crippen LogP contribution in [0.5, 0.6) is 11.5 Å². The molecule has 1 rings (SSSR count). The van der Waals surface area contributed by atoms with Gasteiger partial charge in [-0.2, -0.15) is 0 Å². The van der Waals surface area contributed by atoms with E-state index in [-0.39, 0.29) is 43.0 Å². The monoisotopic (exact) mass is 581 g/mol. The van der Waals surface area contributed by atoms with Crippen LogP contribution in [0.25, 0.3) is 0 Å². The van der Waals surface area contributed by atoms with E-state index in [4.69, 9.17) is 34.2 Å². The fourth-order valence-corrected chi connectivity index (χ4v) is 3.10. The first-order valence-electron chi connectivity index (χ1n) is 14.2. The van der Waals surface area contributed by atoms with Gasteiger partial charge in [-0.1, -0.05) is 47.6 Å². The van der Waals surface area contributed by atoms with Crippen molar-refractivity contribution in [1.82, 2.24) is 0 Å². The molecule has 0 bridgehead atoms. The maximum Gasteiger partial charge on any atom is 0.513 e. The number of esters is 2. The number of carbonyl (C=O) groups excluding carboxylic acids is 4. The zero-order valence-corrected chi connectivity index (χ0v) is 25.6. The smallest absolute Gasteiger partial charge is 0.459 e. The molecule has 0 saturated carbocycles. The molecule has 2 unspecified atom stereocenters. The summed E-state index contributed by atoms with van der Waals surface area (Å²) < 4.78 is 31.6. The summed E-state index contributed by atoms with van der Waals surface area (Å²) in [6.45, 7) is 15.2. The Morgan fingerprint density at radius 1 is 0.732 bits per heavy atom. The van der Waals surface area contributed by atoms with Crippen LogP contribution in [0.15, 0.2) is 18.2 Å². The first kappa shape index (κ1) is 35.7. The third-order valence-electron chi connectivity index (χ3n) is 6.26. The second-order valence-electron chi connectivity index (χ2n) is 11.0. The van der Waals surface area contributed by atoms with Gasteiger partial charge in [0.05, 0.1) is 19.1 Å². The van der Waals surface area contributed by atoms with Gasteiger partial charge < -0.3 is 34.2 Å². The van der Waals surface area contributed by atoms with Crippen LogP contribution in [0, 0.1) is 17.8 Å². The SMILES string of the molecule is CCC(C)C(=O)OC(C)[C@H](C)OC(=O)[C@@H](N)Cc1ccc(OC(=O)OCCC(C)C)c(OC(=O)OCCC(C)C)c1. The van der Waals surface area contributed by atoms with Crippen LogP contribution in [-0.2, 0) is 35.0 Å². The van der Waals surface area contributed by atoms with Crippen LogP contribution in [0.3, 0.4) is 0 Å². The Morgan fingerprint density at radius 3 is 1.71 bits per heavy atom. The lowest BCUT2D eigenvalue weighted by Crippen LogP contribution is -2.40. The summed E-state index contributed by atoms with van der Waals surface area (Å²) in [5.74, 6) is -0.835. The Hall–Kier alpha value is -3.34. The lowest BCUT2D eigenvalue weighted by molar-refractivity contribution is -0.168. The molecule has 0 heterocycles. The summed E-state index contributed by atoms with van der Waals surface area (Å²) in [6, 6.07) is 3.33. The highest BCUT2D eigenvalue weighted by atomic mass is 16.7. The van der Waals surface area contributed by atoms with E-state index in [0.717, 1.165) is 0 Å². The molecule has 4 atom stereocenters. The molecule has 41 heavy (non-hydrogen) atoms. The van der Waals surface area contributed by atoms with Gasteiger partial charge in [0, 0.05) is 0 Å². The molecular weight excluding hydrogens is 534 g/mol. The third kappa shape index (κ3) is 14.2.